The van der Waals surface area contributed by atoms with Crippen molar-refractivity contribution in [3.05, 3.63) is 29.8 Å². The number of rotatable bonds is 6. The third kappa shape index (κ3) is 13.8. The maximum atomic E-state index is 11.7. The van der Waals surface area contributed by atoms with E-state index >= 15 is 0 Å². The van der Waals surface area contributed by atoms with E-state index in [1.807, 2.05) is 41.5 Å². The number of amides is 1. The van der Waals surface area contributed by atoms with Gasteiger partial charge in [-0.2, -0.15) is 0 Å². The average Bonchev–Trinajstić information content (AvgIpc) is 2.64. The Morgan fingerprint density at radius 2 is 1.52 bits per heavy atom. The minimum absolute atomic E-state index is 0.0681. The van der Waals surface area contributed by atoms with Crippen molar-refractivity contribution in [1.29, 1.82) is 0 Å². The van der Waals surface area contributed by atoms with Crippen LogP contribution in [0.3, 0.4) is 0 Å². The molecular formula is C18H36N2O3. The largest absolute Gasteiger partial charge is 0.508 e. The molecule has 1 aromatic carbocycles. The number of aromatic hydroxyl groups is 1. The Bertz CT molecular complexity index is 354. The maximum Gasteiger partial charge on any atom is 0.237 e. The molecule has 0 saturated heterocycles. The summed E-state index contributed by atoms with van der Waals surface area (Å²) in [6.45, 7) is 12.2. The minimum atomic E-state index is -0.342. The summed E-state index contributed by atoms with van der Waals surface area (Å²) >= 11 is 0. The van der Waals surface area contributed by atoms with E-state index in [2.05, 4.69) is 10.6 Å². The molecule has 1 rings (SSSR count). The fourth-order valence-electron chi connectivity index (χ4n) is 1.50. The summed E-state index contributed by atoms with van der Waals surface area (Å²) < 4.78 is 0. The van der Waals surface area contributed by atoms with E-state index in [-0.39, 0.29) is 30.9 Å². The van der Waals surface area contributed by atoms with Crippen molar-refractivity contribution in [2.24, 2.45) is 0 Å². The van der Waals surface area contributed by atoms with Gasteiger partial charge >= 0.3 is 0 Å². The van der Waals surface area contributed by atoms with Crippen LogP contribution in [0.4, 0.5) is 0 Å². The Morgan fingerprint density at radius 1 is 1.04 bits per heavy atom. The summed E-state index contributed by atoms with van der Waals surface area (Å²) in [4.78, 5) is 11.7. The van der Waals surface area contributed by atoms with Crippen LogP contribution >= 0.6 is 0 Å². The number of carbonyl (C=O) groups excluding carboxylic acids is 1. The van der Waals surface area contributed by atoms with Crippen LogP contribution in [0.5, 0.6) is 5.75 Å². The third-order valence-electron chi connectivity index (χ3n) is 2.45. The van der Waals surface area contributed by atoms with Crippen molar-refractivity contribution >= 4 is 5.91 Å². The van der Waals surface area contributed by atoms with Gasteiger partial charge in [-0.1, -0.05) is 53.7 Å². The number of likely N-dealkylation sites (N-methyl/N-ethyl adjacent to an activating group) is 1. The first-order chi connectivity index (χ1) is 11.2. The predicted octanol–water partition coefficient (Wildman–Crippen LogP) is 2.71. The van der Waals surface area contributed by atoms with Crippen molar-refractivity contribution in [1.82, 2.24) is 10.6 Å². The van der Waals surface area contributed by atoms with Crippen LogP contribution in [0.2, 0.25) is 0 Å². The molecule has 0 spiro atoms. The van der Waals surface area contributed by atoms with Crippen molar-refractivity contribution < 1.29 is 15.0 Å². The third-order valence-corrected chi connectivity index (χ3v) is 2.45. The first-order valence-corrected chi connectivity index (χ1v) is 8.51. The van der Waals surface area contributed by atoms with Crippen LogP contribution in [0, 0.1) is 0 Å². The van der Waals surface area contributed by atoms with Gasteiger partial charge in [0, 0.05) is 6.54 Å². The zero-order chi connectivity index (χ0) is 18.7. The average molecular weight is 328 g/mol. The zero-order valence-corrected chi connectivity index (χ0v) is 15.8. The number of aliphatic hydroxyl groups excluding tert-OH is 1. The molecule has 0 saturated carbocycles. The molecular weight excluding hydrogens is 292 g/mol. The Hall–Kier alpha value is -1.59. The second-order valence-corrected chi connectivity index (χ2v) is 3.73. The van der Waals surface area contributed by atoms with Gasteiger partial charge in [-0.25, -0.2) is 0 Å². The summed E-state index contributed by atoms with van der Waals surface area (Å²) in [6.07, 6.45) is 0.536. The lowest BCUT2D eigenvalue weighted by Crippen LogP contribution is -2.44. The molecule has 0 bridgehead atoms. The topological polar surface area (TPSA) is 81.6 Å². The van der Waals surface area contributed by atoms with Gasteiger partial charge in [-0.15, -0.1) is 0 Å². The van der Waals surface area contributed by atoms with Crippen LogP contribution in [-0.2, 0) is 11.2 Å². The highest BCUT2D eigenvalue weighted by molar-refractivity contribution is 5.82. The minimum Gasteiger partial charge on any atom is -0.508 e. The fourth-order valence-corrected chi connectivity index (χ4v) is 1.50. The fraction of sp³-hybridized carbons (Fsp3) is 0.611. The quantitative estimate of drug-likeness (QED) is 0.647. The van der Waals surface area contributed by atoms with E-state index in [9.17, 15) is 4.79 Å². The number of hydrogen-bond acceptors (Lipinski definition) is 4. The predicted molar refractivity (Wildman–Crippen MR) is 98.8 cm³/mol. The second kappa shape index (κ2) is 20.4. The van der Waals surface area contributed by atoms with Crippen LogP contribution < -0.4 is 10.6 Å². The van der Waals surface area contributed by atoms with Gasteiger partial charge in [0.2, 0.25) is 5.91 Å². The molecule has 23 heavy (non-hydrogen) atoms. The summed E-state index contributed by atoms with van der Waals surface area (Å²) in [6, 6.07) is 6.39. The highest BCUT2D eigenvalue weighted by atomic mass is 16.3. The molecule has 0 heterocycles. The van der Waals surface area contributed by atoms with Gasteiger partial charge in [-0.3, -0.25) is 4.79 Å². The molecule has 136 valence electrons. The van der Waals surface area contributed by atoms with E-state index in [0.29, 0.717) is 6.42 Å². The first kappa shape index (κ1) is 26.3. The van der Waals surface area contributed by atoms with Gasteiger partial charge in [-0.05, 0) is 31.2 Å². The Labute approximate surface area is 142 Å². The molecule has 1 amide bonds. The van der Waals surface area contributed by atoms with E-state index in [1.165, 1.54) is 0 Å². The molecule has 0 radical (unpaired) electrons. The van der Waals surface area contributed by atoms with Crippen molar-refractivity contribution in [3.63, 3.8) is 0 Å². The van der Waals surface area contributed by atoms with E-state index in [4.69, 9.17) is 10.2 Å². The van der Waals surface area contributed by atoms with Crippen LogP contribution in [0.25, 0.3) is 0 Å². The van der Waals surface area contributed by atoms with E-state index in [1.54, 1.807) is 31.3 Å². The summed E-state index contributed by atoms with van der Waals surface area (Å²) in [5.41, 5.74) is 0.960. The smallest absolute Gasteiger partial charge is 0.237 e. The van der Waals surface area contributed by atoms with Gasteiger partial charge in [0.25, 0.3) is 0 Å². The molecule has 1 unspecified atom stereocenters. The molecule has 5 heteroatoms. The van der Waals surface area contributed by atoms with Crippen LogP contribution in [-0.4, -0.2) is 42.4 Å². The zero-order valence-electron chi connectivity index (χ0n) is 15.8. The van der Waals surface area contributed by atoms with E-state index in [0.717, 1.165) is 5.56 Å². The molecule has 0 aliphatic heterocycles. The van der Waals surface area contributed by atoms with Crippen molar-refractivity contribution in [2.45, 2.75) is 54.0 Å². The highest BCUT2D eigenvalue weighted by Gasteiger charge is 2.15. The number of phenols is 1. The number of nitrogens with one attached hydrogen (secondary N) is 2. The van der Waals surface area contributed by atoms with Crippen molar-refractivity contribution in [3.8, 4) is 5.75 Å². The molecule has 1 aromatic rings. The second-order valence-electron chi connectivity index (χ2n) is 3.73. The monoisotopic (exact) mass is 328 g/mol. The maximum absolute atomic E-state index is 11.7. The lowest BCUT2D eigenvalue weighted by Gasteiger charge is -2.15. The number of aliphatic hydroxyl groups is 1. The number of benzene rings is 1. The Morgan fingerprint density at radius 3 is 1.91 bits per heavy atom. The molecule has 4 N–H and O–H groups in total. The lowest BCUT2D eigenvalue weighted by atomic mass is 10.1. The van der Waals surface area contributed by atoms with Crippen LogP contribution in [0.15, 0.2) is 24.3 Å². The summed E-state index contributed by atoms with van der Waals surface area (Å²) in [7, 11) is 1.71. The van der Waals surface area contributed by atoms with Gasteiger partial charge in [0.1, 0.15) is 5.75 Å². The Balaban J connectivity index is -0.000000595. The van der Waals surface area contributed by atoms with E-state index < -0.39 is 0 Å². The molecule has 0 fully saturated rings. The first-order valence-electron chi connectivity index (χ1n) is 8.51. The van der Waals surface area contributed by atoms with Gasteiger partial charge < -0.3 is 20.8 Å². The summed E-state index contributed by atoms with van der Waals surface area (Å²) in [5.74, 6) is 0.0640. The van der Waals surface area contributed by atoms with Gasteiger partial charge in [0.15, 0.2) is 0 Å². The normalized spacial score (nSPS) is 9.74. The summed E-state index contributed by atoms with van der Waals surface area (Å²) in [5, 5.41) is 23.3. The van der Waals surface area contributed by atoms with Crippen molar-refractivity contribution in [2.75, 3.05) is 20.2 Å². The molecule has 5 nitrogen and oxygen atoms in total. The SMILES string of the molecule is CC.CC.CC.CNC(Cc1ccc(O)cc1)C(=O)NCCO. The number of hydrogen-bond donors (Lipinski definition) is 4. The standard InChI is InChI=1S/C12H18N2O3.3C2H6/c1-13-11(12(17)14-6-7-15)8-9-2-4-10(16)5-3-9;3*1-2/h2-5,11,13,15-16H,6-8H2,1H3,(H,14,17);3*1-2H3. The molecule has 0 aliphatic carbocycles. The lowest BCUT2D eigenvalue weighted by molar-refractivity contribution is -0.123. The van der Waals surface area contributed by atoms with Gasteiger partial charge in [0.05, 0.1) is 12.6 Å². The Kier molecular flexibility index (Phi) is 23.4. The molecule has 0 aliphatic rings. The number of phenolic OH excluding ortho intramolecular Hbond substituents is 1. The number of carbonyl (C=O) groups is 1. The molecule has 0 aromatic heterocycles. The molecule has 1 atom stereocenters. The van der Waals surface area contributed by atoms with Crippen LogP contribution in [0.1, 0.15) is 47.1 Å². The highest BCUT2D eigenvalue weighted by Crippen LogP contribution is 2.11.